The van der Waals surface area contributed by atoms with Gasteiger partial charge in [0.15, 0.2) is 0 Å². The van der Waals surface area contributed by atoms with Crippen molar-refractivity contribution in [1.82, 2.24) is 10.2 Å². The number of hydrogen-bond donors (Lipinski definition) is 2. The Morgan fingerprint density at radius 3 is 2.22 bits per heavy atom. The van der Waals surface area contributed by atoms with E-state index in [1.807, 2.05) is 11.8 Å². The number of carboxylic acids is 1. The van der Waals surface area contributed by atoms with Crippen molar-refractivity contribution in [2.75, 3.05) is 13.1 Å². The van der Waals surface area contributed by atoms with Crippen molar-refractivity contribution in [3.05, 3.63) is 0 Å². The number of nitrogens with one attached hydrogen (secondary N) is 1. The van der Waals surface area contributed by atoms with Crippen LogP contribution in [0, 0.1) is 5.92 Å². The van der Waals surface area contributed by atoms with Crippen LogP contribution in [0.15, 0.2) is 0 Å². The van der Waals surface area contributed by atoms with E-state index >= 15 is 0 Å². The summed E-state index contributed by atoms with van der Waals surface area (Å²) in [5.74, 6) is -1.47. The summed E-state index contributed by atoms with van der Waals surface area (Å²) in [7, 11) is 0. The Morgan fingerprint density at radius 2 is 1.78 bits per heavy atom. The predicted molar refractivity (Wildman–Crippen MR) is 72.9 cm³/mol. The molecule has 1 saturated heterocycles. The number of amides is 2. The summed E-state index contributed by atoms with van der Waals surface area (Å²) in [6.07, 6.45) is 0. The quantitative estimate of drug-likeness (QED) is 0.820. The molecule has 5 nitrogen and oxygen atoms in total. The van der Waals surface area contributed by atoms with E-state index in [1.54, 1.807) is 18.7 Å². The number of carboxylic acid groups (broad SMARTS) is 1. The molecule has 0 aromatic rings. The van der Waals surface area contributed by atoms with Gasteiger partial charge in [0, 0.05) is 29.6 Å². The third-order valence-electron chi connectivity index (χ3n) is 3.20. The molecule has 0 aromatic carbocycles. The van der Waals surface area contributed by atoms with E-state index in [9.17, 15) is 9.59 Å². The van der Waals surface area contributed by atoms with Crippen molar-refractivity contribution in [1.29, 1.82) is 0 Å². The summed E-state index contributed by atoms with van der Waals surface area (Å²) in [6.45, 7) is 8.96. The van der Waals surface area contributed by atoms with Crippen molar-refractivity contribution in [2.24, 2.45) is 5.92 Å². The van der Waals surface area contributed by atoms with Crippen molar-refractivity contribution in [3.63, 3.8) is 0 Å². The minimum Gasteiger partial charge on any atom is -0.481 e. The van der Waals surface area contributed by atoms with Crippen molar-refractivity contribution >= 4 is 23.8 Å². The monoisotopic (exact) mass is 274 g/mol. The maximum Gasteiger partial charge on any atom is 0.317 e. The Labute approximate surface area is 112 Å². The largest absolute Gasteiger partial charge is 0.481 e. The number of hydrogen-bond acceptors (Lipinski definition) is 3. The molecule has 0 aromatic heterocycles. The molecule has 2 amide bonds. The molecule has 2 N–H and O–H groups in total. The highest BCUT2D eigenvalue weighted by atomic mass is 32.2. The Kier molecular flexibility index (Phi) is 5.31. The lowest BCUT2D eigenvalue weighted by Crippen LogP contribution is -2.52. The molecule has 1 fully saturated rings. The number of urea groups is 1. The summed E-state index contributed by atoms with van der Waals surface area (Å²) < 4.78 is 0. The van der Waals surface area contributed by atoms with Gasteiger partial charge >= 0.3 is 12.0 Å². The van der Waals surface area contributed by atoms with Gasteiger partial charge in [0.05, 0.1) is 5.92 Å². The maximum atomic E-state index is 12.0. The zero-order chi connectivity index (χ0) is 13.9. The highest BCUT2D eigenvalue weighted by Gasteiger charge is 2.28. The Morgan fingerprint density at radius 1 is 1.28 bits per heavy atom. The molecular formula is C12H22N2O3S. The zero-order valence-corrected chi connectivity index (χ0v) is 12.2. The first-order chi connectivity index (χ1) is 8.31. The Bertz CT molecular complexity index is 314. The standard InChI is InChI=1S/C12H22N2O3S/c1-7-5-14(6-8(2)18-7)12(17)13-10(4)9(3)11(15)16/h7-10H,5-6H2,1-4H3,(H,13,17)(H,15,16). The van der Waals surface area contributed by atoms with Crippen molar-refractivity contribution in [2.45, 2.75) is 44.2 Å². The number of nitrogens with zero attached hydrogens (tertiary/aromatic N) is 1. The third kappa shape index (κ3) is 4.08. The second kappa shape index (κ2) is 6.31. The van der Waals surface area contributed by atoms with Gasteiger partial charge in [-0.2, -0.15) is 11.8 Å². The maximum absolute atomic E-state index is 12.0. The minimum atomic E-state index is -0.890. The van der Waals surface area contributed by atoms with Crippen LogP contribution in [0.1, 0.15) is 27.7 Å². The summed E-state index contributed by atoms with van der Waals surface area (Å²) in [5, 5.41) is 12.5. The van der Waals surface area contributed by atoms with E-state index in [0.717, 1.165) is 13.1 Å². The second-order valence-corrected chi connectivity index (χ2v) is 6.91. The van der Waals surface area contributed by atoms with E-state index in [1.165, 1.54) is 0 Å². The predicted octanol–water partition coefficient (Wildman–Crippen LogP) is 1.63. The van der Waals surface area contributed by atoms with E-state index < -0.39 is 11.9 Å². The third-order valence-corrected chi connectivity index (χ3v) is 4.42. The topological polar surface area (TPSA) is 69.6 Å². The molecule has 0 bridgehead atoms. The van der Waals surface area contributed by atoms with Gasteiger partial charge in [0.2, 0.25) is 0 Å². The Balaban J connectivity index is 2.52. The smallest absolute Gasteiger partial charge is 0.317 e. The van der Waals surface area contributed by atoms with Crippen LogP contribution in [0.2, 0.25) is 0 Å². The van der Waals surface area contributed by atoms with Crippen LogP contribution >= 0.6 is 11.8 Å². The minimum absolute atomic E-state index is 0.158. The van der Waals surface area contributed by atoms with Gasteiger partial charge in [-0.1, -0.05) is 13.8 Å². The van der Waals surface area contributed by atoms with E-state index in [2.05, 4.69) is 19.2 Å². The first-order valence-electron chi connectivity index (χ1n) is 6.25. The zero-order valence-electron chi connectivity index (χ0n) is 11.3. The first kappa shape index (κ1) is 15.1. The number of carbonyl (C=O) groups excluding carboxylic acids is 1. The van der Waals surface area contributed by atoms with E-state index in [-0.39, 0.29) is 12.1 Å². The molecular weight excluding hydrogens is 252 g/mol. The Hall–Kier alpha value is -0.910. The van der Waals surface area contributed by atoms with Crippen LogP contribution in [0.25, 0.3) is 0 Å². The first-order valence-corrected chi connectivity index (χ1v) is 7.19. The van der Waals surface area contributed by atoms with Crippen LogP contribution in [-0.4, -0.2) is 51.6 Å². The van der Waals surface area contributed by atoms with Gasteiger partial charge in [0.25, 0.3) is 0 Å². The van der Waals surface area contributed by atoms with Crippen LogP contribution in [-0.2, 0) is 4.79 Å². The molecule has 18 heavy (non-hydrogen) atoms. The lowest BCUT2D eigenvalue weighted by molar-refractivity contribution is -0.141. The van der Waals surface area contributed by atoms with Gasteiger partial charge in [-0.3, -0.25) is 4.79 Å². The summed E-state index contributed by atoms with van der Waals surface area (Å²) in [6, 6.07) is -0.523. The fraction of sp³-hybridized carbons (Fsp3) is 0.833. The number of thioether (sulfide) groups is 1. The van der Waals surface area contributed by atoms with E-state index in [0.29, 0.717) is 10.5 Å². The molecule has 0 spiro atoms. The fourth-order valence-corrected chi connectivity index (χ4v) is 3.29. The van der Waals surface area contributed by atoms with E-state index in [4.69, 9.17) is 5.11 Å². The number of rotatable bonds is 3. The van der Waals surface area contributed by atoms with Crippen LogP contribution in [0.3, 0.4) is 0 Å². The summed E-state index contributed by atoms with van der Waals surface area (Å²) >= 11 is 1.88. The molecule has 0 saturated carbocycles. The van der Waals surface area contributed by atoms with Crippen LogP contribution in [0.5, 0.6) is 0 Å². The fourth-order valence-electron chi connectivity index (χ4n) is 1.97. The van der Waals surface area contributed by atoms with Crippen molar-refractivity contribution in [3.8, 4) is 0 Å². The summed E-state index contributed by atoms with van der Waals surface area (Å²) in [4.78, 5) is 24.6. The molecule has 4 atom stereocenters. The highest BCUT2D eigenvalue weighted by Crippen LogP contribution is 2.24. The normalized spacial score (nSPS) is 27.4. The molecule has 1 aliphatic heterocycles. The molecule has 0 aliphatic carbocycles. The number of carbonyl (C=O) groups is 2. The van der Waals surface area contributed by atoms with Gasteiger partial charge in [-0.15, -0.1) is 0 Å². The van der Waals surface area contributed by atoms with Gasteiger partial charge < -0.3 is 15.3 Å². The summed E-state index contributed by atoms with van der Waals surface area (Å²) in [5.41, 5.74) is 0. The van der Waals surface area contributed by atoms with Crippen molar-refractivity contribution < 1.29 is 14.7 Å². The van der Waals surface area contributed by atoms with Crippen LogP contribution in [0.4, 0.5) is 4.79 Å². The molecule has 104 valence electrons. The molecule has 1 aliphatic rings. The van der Waals surface area contributed by atoms with Gasteiger partial charge in [0.1, 0.15) is 0 Å². The SMILES string of the molecule is CC1CN(C(=O)NC(C)C(C)C(=O)O)CC(C)S1. The average molecular weight is 274 g/mol. The average Bonchev–Trinajstić information content (AvgIpc) is 2.26. The van der Waals surface area contributed by atoms with Crippen LogP contribution < -0.4 is 5.32 Å². The second-order valence-electron chi connectivity index (χ2n) is 5.03. The molecule has 6 heteroatoms. The lowest BCUT2D eigenvalue weighted by Gasteiger charge is -2.35. The van der Waals surface area contributed by atoms with Gasteiger partial charge in [-0.25, -0.2) is 4.79 Å². The number of aliphatic carboxylic acids is 1. The molecule has 1 rings (SSSR count). The lowest BCUT2D eigenvalue weighted by atomic mass is 10.0. The van der Waals surface area contributed by atoms with Gasteiger partial charge in [-0.05, 0) is 13.8 Å². The molecule has 1 heterocycles. The molecule has 4 unspecified atom stereocenters. The molecule has 0 radical (unpaired) electrons. The highest BCUT2D eigenvalue weighted by molar-refractivity contribution is 8.00.